The van der Waals surface area contributed by atoms with Gasteiger partial charge >= 0.3 is 17.9 Å². The summed E-state index contributed by atoms with van der Waals surface area (Å²) in [7, 11) is 0. The van der Waals surface area contributed by atoms with E-state index in [0.717, 1.165) is 42.4 Å². The molecule has 1 N–H and O–H groups in total. The molecule has 2 fully saturated rings. The summed E-state index contributed by atoms with van der Waals surface area (Å²) in [6.45, 7) is 4.86. The van der Waals surface area contributed by atoms with Crippen LogP contribution in [0.1, 0.15) is 88.2 Å². The molecule has 9 nitrogen and oxygen atoms in total. The van der Waals surface area contributed by atoms with Gasteiger partial charge in [0.05, 0.1) is 11.7 Å². The van der Waals surface area contributed by atoms with Crippen molar-refractivity contribution in [3.8, 4) is 0 Å². The van der Waals surface area contributed by atoms with E-state index in [-0.39, 0.29) is 18.8 Å². The maximum absolute atomic E-state index is 12.4. The Morgan fingerprint density at radius 1 is 0.907 bits per heavy atom. The molecule has 5 atom stereocenters. The normalized spacial score (nSPS) is 24.7. The first-order valence-electron chi connectivity index (χ1n) is 14.6. The van der Waals surface area contributed by atoms with E-state index in [1.54, 1.807) is 12.1 Å². The van der Waals surface area contributed by atoms with Gasteiger partial charge in [-0.3, -0.25) is 14.4 Å². The summed E-state index contributed by atoms with van der Waals surface area (Å²) in [5, 5.41) is 11.5. The van der Waals surface area contributed by atoms with Gasteiger partial charge in [-0.05, 0) is 54.5 Å². The molecule has 1 saturated carbocycles. The average Bonchev–Trinajstić information content (AvgIpc) is 3.38. The van der Waals surface area contributed by atoms with E-state index < -0.39 is 53.8 Å². The number of halogens is 1. The van der Waals surface area contributed by atoms with Crippen LogP contribution in [0.25, 0.3) is 0 Å². The number of carbonyl (C=O) groups excluding carboxylic acids is 4. The molecule has 43 heavy (non-hydrogen) atoms. The summed E-state index contributed by atoms with van der Waals surface area (Å²) in [5.41, 5.74) is 2.61. The van der Waals surface area contributed by atoms with Crippen LogP contribution >= 0.6 is 11.6 Å². The van der Waals surface area contributed by atoms with Crippen LogP contribution in [0.3, 0.4) is 0 Å². The highest BCUT2D eigenvalue weighted by molar-refractivity contribution is 6.31. The van der Waals surface area contributed by atoms with E-state index in [4.69, 9.17) is 30.5 Å². The fraction of sp³-hybridized carbons (Fsp3) is 0.515. The van der Waals surface area contributed by atoms with Crippen LogP contribution in [0.5, 0.6) is 0 Å². The molecule has 0 bridgehead atoms. The van der Waals surface area contributed by atoms with Crippen molar-refractivity contribution in [2.24, 2.45) is 5.92 Å². The van der Waals surface area contributed by atoms with Crippen LogP contribution in [0.2, 0.25) is 5.02 Å². The quantitative estimate of drug-likeness (QED) is 0.285. The highest BCUT2D eigenvalue weighted by atomic mass is 35.5. The van der Waals surface area contributed by atoms with E-state index in [1.807, 2.05) is 30.3 Å². The van der Waals surface area contributed by atoms with Crippen molar-refractivity contribution in [1.29, 1.82) is 0 Å². The number of benzene rings is 2. The molecule has 4 rings (SSSR count). The molecular weight excluding hydrogens is 576 g/mol. The Morgan fingerprint density at radius 2 is 1.53 bits per heavy atom. The molecule has 1 heterocycles. The second kappa shape index (κ2) is 14.0. The van der Waals surface area contributed by atoms with Gasteiger partial charge in [0.15, 0.2) is 6.10 Å². The van der Waals surface area contributed by atoms with Crippen molar-refractivity contribution in [2.75, 3.05) is 6.61 Å². The molecule has 0 aromatic heterocycles. The van der Waals surface area contributed by atoms with E-state index in [1.165, 1.54) is 27.7 Å². The largest absolute Gasteiger partial charge is 0.463 e. The molecule has 2 aromatic rings. The fourth-order valence-electron chi connectivity index (χ4n) is 6.20. The summed E-state index contributed by atoms with van der Waals surface area (Å²) in [6, 6.07) is 13.3. The summed E-state index contributed by atoms with van der Waals surface area (Å²) >= 11 is 6.63. The number of Topliss-reactive ketones (excluding diaryl/α,β-unsaturated/α-hetero) is 1. The van der Waals surface area contributed by atoms with Crippen molar-refractivity contribution in [1.82, 2.24) is 0 Å². The molecule has 0 radical (unpaired) electrons. The van der Waals surface area contributed by atoms with Crippen LogP contribution in [0.4, 0.5) is 0 Å². The van der Waals surface area contributed by atoms with Crippen LogP contribution < -0.4 is 0 Å². The molecular formula is C33H39ClO9. The van der Waals surface area contributed by atoms with Crippen molar-refractivity contribution in [3.63, 3.8) is 0 Å². The Hall–Kier alpha value is -3.27. The minimum absolute atomic E-state index is 0.0248. The zero-order valence-electron chi connectivity index (χ0n) is 25.0. The van der Waals surface area contributed by atoms with E-state index in [0.29, 0.717) is 17.0 Å². The summed E-state index contributed by atoms with van der Waals surface area (Å²) in [4.78, 5) is 48.4. The highest BCUT2D eigenvalue weighted by Gasteiger charge is 2.50. The van der Waals surface area contributed by atoms with Gasteiger partial charge in [0.2, 0.25) is 0 Å². The molecule has 2 aliphatic rings. The van der Waals surface area contributed by atoms with Crippen molar-refractivity contribution < 1.29 is 43.2 Å². The lowest BCUT2D eigenvalue weighted by molar-refractivity contribution is -0.235. The number of ether oxygens (including phenoxy) is 4. The van der Waals surface area contributed by atoms with E-state index in [9.17, 15) is 24.3 Å². The van der Waals surface area contributed by atoms with Crippen LogP contribution in [0.15, 0.2) is 42.5 Å². The molecule has 2 aromatic carbocycles. The lowest BCUT2D eigenvalue weighted by atomic mass is 9.80. The second-order valence-corrected chi connectivity index (χ2v) is 12.0. The molecule has 1 aliphatic carbocycles. The first kappa shape index (κ1) is 32.6. The third-order valence-corrected chi connectivity index (χ3v) is 8.48. The van der Waals surface area contributed by atoms with Crippen LogP contribution in [0, 0.1) is 5.92 Å². The minimum atomic E-state index is -1.11. The Labute approximate surface area is 256 Å². The Kier molecular flexibility index (Phi) is 10.6. The molecule has 1 saturated heterocycles. The summed E-state index contributed by atoms with van der Waals surface area (Å²) < 4.78 is 22.9. The van der Waals surface area contributed by atoms with E-state index in [2.05, 4.69) is 0 Å². The number of hydrogen-bond acceptors (Lipinski definition) is 9. The first-order chi connectivity index (χ1) is 20.4. The van der Waals surface area contributed by atoms with Crippen LogP contribution in [-0.2, 0) is 50.1 Å². The number of rotatable bonds is 10. The minimum Gasteiger partial charge on any atom is -0.463 e. The molecule has 0 unspecified atom stereocenters. The van der Waals surface area contributed by atoms with E-state index >= 15 is 0 Å². The lowest BCUT2D eigenvalue weighted by Crippen LogP contribution is -2.56. The zero-order chi connectivity index (χ0) is 31.3. The number of aliphatic hydroxyl groups is 1. The van der Waals surface area contributed by atoms with Gasteiger partial charge in [-0.2, -0.15) is 0 Å². The standard InChI is InChI=1S/C33H39ClO9/c1-19(35)15-27-30(43-29(18-40-20(2)36)32(42-22(4)38)31(27)41-21(3)37)24-9-12-28(34)25(17-24)16-23-7-10-26(11-8-23)33(39)13-5-6-14-33/h7-12,17,27,29-32,39H,5-6,13-16,18H2,1-4H3/t27-,29+,30-,31+,32+/m0/s1. The van der Waals surface area contributed by atoms with Gasteiger partial charge in [-0.1, -0.05) is 60.8 Å². The van der Waals surface area contributed by atoms with Gasteiger partial charge in [0, 0.05) is 38.1 Å². The Bertz CT molecular complexity index is 1330. The third-order valence-electron chi connectivity index (χ3n) is 8.12. The number of hydrogen-bond donors (Lipinski definition) is 1. The summed E-state index contributed by atoms with van der Waals surface area (Å²) in [6.07, 6.45) is 0.0982. The Balaban J connectivity index is 1.68. The van der Waals surface area contributed by atoms with Crippen LogP contribution in [-0.4, -0.2) is 53.7 Å². The molecule has 232 valence electrons. The fourth-order valence-corrected chi connectivity index (χ4v) is 6.38. The van der Waals surface area contributed by atoms with Gasteiger partial charge < -0.3 is 28.8 Å². The molecule has 10 heteroatoms. The predicted octanol–water partition coefficient (Wildman–Crippen LogP) is 5.15. The van der Waals surface area contributed by atoms with Crippen molar-refractivity contribution in [2.45, 2.75) is 96.2 Å². The summed E-state index contributed by atoms with van der Waals surface area (Å²) in [5.74, 6) is -2.70. The number of carbonyl (C=O) groups is 4. The maximum Gasteiger partial charge on any atom is 0.303 e. The molecule has 0 spiro atoms. The highest BCUT2D eigenvalue weighted by Crippen LogP contribution is 2.43. The van der Waals surface area contributed by atoms with Gasteiger partial charge in [-0.25, -0.2) is 0 Å². The predicted molar refractivity (Wildman–Crippen MR) is 157 cm³/mol. The third kappa shape index (κ3) is 8.22. The zero-order valence-corrected chi connectivity index (χ0v) is 25.7. The number of esters is 3. The van der Waals surface area contributed by atoms with Gasteiger partial charge in [0.1, 0.15) is 24.6 Å². The monoisotopic (exact) mass is 614 g/mol. The first-order valence-corrected chi connectivity index (χ1v) is 15.0. The van der Waals surface area contributed by atoms with Gasteiger partial charge in [-0.15, -0.1) is 0 Å². The topological polar surface area (TPSA) is 125 Å². The molecule has 0 amide bonds. The lowest BCUT2D eigenvalue weighted by Gasteiger charge is -2.45. The van der Waals surface area contributed by atoms with Gasteiger partial charge in [0.25, 0.3) is 0 Å². The SMILES string of the molecule is CC(=O)C[C@@H]1[C@@H](OC(C)=O)[C@H](OC(C)=O)[C@@H](COC(C)=O)O[C@H]1c1ccc(Cl)c(Cc2ccc(C3(O)CCCC3)cc2)c1. The number of ketones is 1. The smallest absolute Gasteiger partial charge is 0.303 e. The Morgan fingerprint density at radius 3 is 2.12 bits per heavy atom. The average molecular weight is 615 g/mol. The van der Waals surface area contributed by atoms with Crippen molar-refractivity contribution in [3.05, 3.63) is 69.7 Å². The second-order valence-electron chi connectivity index (χ2n) is 11.6. The molecule has 1 aliphatic heterocycles. The maximum atomic E-state index is 12.4. The van der Waals surface area contributed by atoms with Crippen molar-refractivity contribution >= 4 is 35.3 Å².